The first-order valence-electron chi connectivity index (χ1n) is 7.46. The number of nitrogens with two attached hydrogens (primary N) is 1. The fourth-order valence-electron chi connectivity index (χ4n) is 3.13. The summed E-state index contributed by atoms with van der Waals surface area (Å²) in [5.41, 5.74) is 8.04. The van der Waals surface area contributed by atoms with Crippen LogP contribution in [0.5, 0.6) is 0 Å². The molecule has 3 nitrogen and oxygen atoms in total. The van der Waals surface area contributed by atoms with Crippen LogP contribution in [0.15, 0.2) is 48.5 Å². The van der Waals surface area contributed by atoms with Crippen LogP contribution in [-0.4, -0.2) is 23.4 Å². The first-order valence-corrected chi connectivity index (χ1v) is 7.46. The average molecular weight is 335 g/mol. The van der Waals surface area contributed by atoms with E-state index in [0.29, 0.717) is 17.8 Å². The first-order chi connectivity index (χ1) is 10.5. The van der Waals surface area contributed by atoms with Crippen molar-refractivity contribution in [1.82, 2.24) is 4.90 Å². The molecule has 2 N–H and O–H groups in total. The number of likely N-dealkylation sites (tertiary alicyclic amines) is 1. The van der Waals surface area contributed by atoms with Gasteiger partial charge in [-0.1, -0.05) is 18.2 Å². The lowest BCUT2D eigenvalue weighted by atomic mass is 9.97. The molecule has 1 aliphatic heterocycles. The Labute approximate surface area is 141 Å². The van der Waals surface area contributed by atoms with Crippen LogP contribution in [0.1, 0.15) is 35.2 Å². The Hall–Kier alpha value is -2.07. The van der Waals surface area contributed by atoms with Crippen molar-refractivity contribution in [2.45, 2.75) is 25.3 Å². The Kier molecular flexibility index (Phi) is 5.26. The number of benzene rings is 2. The molecule has 1 fully saturated rings. The van der Waals surface area contributed by atoms with Crippen LogP contribution in [0, 0.1) is 5.82 Å². The number of amides is 1. The van der Waals surface area contributed by atoms with Gasteiger partial charge in [0, 0.05) is 29.8 Å². The van der Waals surface area contributed by atoms with Gasteiger partial charge >= 0.3 is 0 Å². The summed E-state index contributed by atoms with van der Waals surface area (Å²) in [4.78, 5) is 14.5. The number of nitrogen functional groups attached to an aromatic ring is 1. The molecule has 0 bridgehead atoms. The van der Waals surface area contributed by atoms with Gasteiger partial charge in [-0.15, -0.1) is 12.4 Å². The fraction of sp³-hybridized carbons (Fsp3) is 0.278. The molecule has 122 valence electrons. The van der Waals surface area contributed by atoms with Gasteiger partial charge in [0.2, 0.25) is 0 Å². The summed E-state index contributed by atoms with van der Waals surface area (Å²) in [7, 11) is 0. The Morgan fingerprint density at radius 3 is 2.57 bits per heavy atom. The Balaban J connectivity index is 0.00000192. The highest BCUT2D eigenvalue weighted by atomic mass is 35.5. The van der Waals surface area contributed by atoms with E-state index in [1.807, 2.05) is 11.8 Å². The normalized spacial score (nSPS) is 20.2. The van der Waals surface area contributed by atoms with Crippen LogP contribution < -0.4 is 5.73 Å². The predicted octanol–water partition coefficient (Wildman–Crippen LogP) is 3.85. The van der Waals surface area contributed by atoms with Crippen LogP contribution in [0.2, 0.25) is 0 Å². The van der Waals surface area contributed by atoms with Crippen molar-refractivity contribution in [2.24, 2.45) is 0 Å². The number of anilines is 1. The molecule has 23 heavy (non-hydrogen) atoms. The zero-order valence-electron chi connectivity index (χ0n) is 12.9. The Bertz CT molecular complexity index is 690. The highest BCUT2D eigenvalue weighted by Gasteiger charge is 2.33. The van der Waals surface area contributed by atoms with E-state index in [9.17, 15) is 9.18 Å². The minimum absolute atomic E-state index is 0. The molecule has 0 saturated carbocycles. The van der Waals surface area contributed by atoms with Crippen molar-refractivity contribution in [3.05, 3.63) is 65.5 Å². The highest BCUT2D eigenvalue weighted by molar-refractivity contribution is 5.95. The molecule has 0 radical (unpaired) electrons. The quantitative estimate of drug-likeness (QED) is 0.848. The summed E-state index contributed by atoms with van der Waals surface area (Å²) in [5.74, 6) is 0.0208. The molecule has 2 atom stereocenters. The zero-order valence-corrected chi connectivity index (χ0v) is 13.7. The van der Waals surface area contributed by atoms with Gasteiger partial charge in [0.25, 0.3) is 5.91 Å². The lowest BCUT2D eigenvalue weighted by Crippen LogP contribution is -2.33. The summed E-state index contributed by atoms with van der Waals surface area (Å²) >= 11 is 0. The van der Waals surface area contributed by atoms with E-state index in [4.69, 9.17) is 5.73 Å². The second kappa shape index (κ2) is 7.01. The molecule has 2 unspecified atom stereocenters. The summed E-state index contributed by atoms with van der Waals surface area (Å²) in [5, 5.41) is 0. The number of halogens is 2. The number of carbonyl (C=O) groups is 1. The molecule has 0 spiro atoms. The minimum atomic E-state index is -0.234. The SMILES string of the molecule is CC1CC(c2ccc(F)cc2)CN1C(=O)c1cccc(N)c1.Cl. The monoisotopic (exact) mass is 334 g/mol. The molecule has 3 rings (SSSR count). The van der Waals surface area contributed by atoms with Gasteiger partial charge < -0.3 is 10.6 Å². The van der Waals surface area contributed by atoms with Crippen molar-refractivity contribution in [1.29, 1.82) is 0 Å². The maximum absolute atomic E-state index is 13.0. The third-order valence-corrected chi connectivity index (χ3v) is 4.31. The van der Waals surface area contributed by atoms with E-state index in [1.165, 1.54) is 12.1 Å². The van der Waals surface area contributed by atoms with E-state index >= 15 is 0 Å². The summed E-state index contributed by atoms with van der Waals surface area (Å²) in [6.07, 6.45) is 0.889. The molecular formula is C18H20ClFN2O. The van der Waals surface area contributed by atoms with E-state index < -0.39 is 0 Å². The summed E-state index contributed by atoms with van der Waals surface area (Å²) in [6, 6.07) is 13.8. The topological polar surface area (TPSA) is 46.3 Å². The largest absolute Gasteiger partial charge is 0.399 e. The number of carbonyl (C=O) groups excluding carboxylic acids is 1. The van der Waals surface area contributed by atoms with Gasteiger partial charge in [-0.05, 0) is 49.2 Å². The molecule has 1 heterocycles. The maximum atomic E-state index is 13.0. The van der Waals surface area contributed by atoms with E-state index in [2.05, 4.69) is 0 Å². The number of hydrogen-bond donors (Lipinski definition) is 1. The zero-order chi connectivity index (χ0) is 15.7. The van der Waals surface area contributed by atoms with Gasteiger partial charge in [0.1, 0.15) is 5.82 Å². The molecule has 5 heteroatoms. The molecule has 1 aliphatic rings. The van der Waals surface area contributed by atoms with E-state index in [-0.39, 0.29) is 36.1 Å². The number of hydrogen-bond acceptors (Lipinski definition) is 2. The third-order valence-electron chi connectivity index (χ3n) is 4.31. The van der Waals surface area contributed by atoms with Crippen molar-refractivity contribution in [3.8, 4) is 0 Å². The fourth-order valence-corrected chi connectivity index (χ4v) is 3.13. The second-order valence-electron chi connectivity index (χ2n) is 5.92. The smallest absolute Gasteiger partial charge is 0.254 e. The van der Waals surface area contributed by atoms with Gasteiger partial charge in [-0.2, -0.15) is 0 Å². The highest BCUT2D eigenvalue weighted by Crippen LogP contribution is 2.32. The maximum Gasteiger partial charge on any atom is 0.254 e. The average Bonchev–Trinajstić information content (AvgIpc) is 2.89. The molecule has 2 aromatic carbocycles. The lowest BCUT2D eigenvalue weighted by molar-refractivity contribution is 0.0746. The molecule has 1 saturated heterocycles. The van der Waals surface area contributed by atoms with Crippen LogP contribution in [0.4, 0.5) is 10.1 Å². The molecule has 0 aliphatic carbocycles. The Morgan fingerprint density at radius 2 is 1.91 bits per heavy atom. The van der Waals surface area contributed by atoms with Crippen molar-refractivity contribution >= 4 is 24.0 Å². The first kappa shape index (κ1) is 17.3. The summed E-state index contributed by atoms with van der Waals surface area (Å²) in [6.45, 7) is 2.70. The van der Waals surface area contributed by atoms with Crippen LogP contribution in [0.3, 0.4) is 0 Å². The molecule has 0 aromatic heterocycles. The van der Waals surface area contributed by atoms with Crippen molar-refractivity contribution in [3.63, 3.8) is 0 Å². The summed E-state index contributed by atoms with van der Waals surface area (Å²) < 4.78 is 13.0. The van der Waals surface area contributed by atoms with Gasteiger partial charge in [-0.25, -0.2) is 4.39 Å². The lowest BCUT2D eigenvalue weighted by Gasteiger charge is -2.21. The van der Waals surface area contributed by atoms with Gasteiger partial charge in [-0.3, -0.25) is 4.79 Å². The predicted molar refractivity (Wildman–Crippen MR) is 92.4 cm³/mol. The van der Waals surface area contributed by atoms with Crippen LogP contribution in [-0.2, 0) is 0 Å². The second-order valence-corrected chi connectivity index (χ2v) is 5.92. The molecule has 2 aromatic rings. The number of rotatable bonds is 2. The van der Waals surface area contributed by atoms with Gasteiger partial charge in [0.15, 0.2) is 0 Å². The minimum Gasteiger partial charge on any atom is -0.399 e. The van der Waals surface area contributed by atoms with E-state index in [0.717, 1.165) is 12.0 Å². The van der Waals surface area contributed by atoms with Crippen molar-refractivity contribution in [2.75, 3.05) is 12.3 Å². The molecule has 1 amide bonds. The van der Waals surface area contributed by atoms with E-state index in [1.54, 1.807) is 36.4 Å². The van der Waals surface area contributed by atoms with Crippen molar-refractivity contribution < 1.29 is 9.18 Å². The third kappa shape index (κ3) is 3.64. The Morgan fingerprint density at radius 1 is 1.22 bits per heavy atom. The standard InChI is InChI=1S/C18H19FN2O.ClH/c1-12-9-15(13-5-7-16(19)8-6-13)11-21(12)18(22)14-3-2-4-17(20)10-14;/h2-8,10,12,15H,9,11,20H2,1H3;1H. The van der Waals surface area contributed by atoms with Crippen LogP contribution in [0.25, 0.3) is 0 Å². The van der Waals surface area contributed by atoms with Crippen LogP contribution >= 0.6 is 12.4 Å². The number of nitrogens with zero attached hydrogens (tertiary/aromatic N) is 1. The molecular weight excluding hydrogens is 315 g/mol. The van der Waals surface area contributed by atoms with Gasteiger partial charge in [0.05, 0.1) is 0 Å².